The third kappa shape index (κ3) is 4.84. The van der Waals surface area contributed by atoms with E-state index in [-0.39, 0.29) is 11.8 Å². The first-order chi connectivity index (χ1) is 11.3. The van der Waals surface area contributed by atoms with Crippen LogP contribution in [0.3, 0.4) is 0 Å². The van der Waals surface area contributed by atoms with Crippen molar-refractivity contribution in [3.05, 3.63) is 65.2 Å². The Bertz CT molecular complexity index is 735. The Morgan fingerprint density at radius 3 is 2.62 bits per heavy atom. The van der Waals surface area contributed by atoms with Crippen molar-refractivity contribution in [2.24, 2.45) is 10.7 Å². The van der Waals surface area contributed by atoms with Crippen LogP contribution in [0.25, 0.3) is 0 Å². The van der Waals surface area contributed by atoms with Gasteiger partial charge in [0, 0.05) is 5.69 Å². The molecule has 0 aromatic heterocycles. The molecule has 1 aliphatic rings. The van der Waals surface area contributed by atoms with E-state index in [1.165, 1.54) is 5.56 Å². The van der Waals surface area contributed by atoms with Gasteiger partial charge in [0.1, 0.15) is 0 Å². The molecular formula is C19H24N4O. The summed E-state index contributed by atoms with van der Waals surface area (Å²) in [5, 5.41) is 20.6. The zero-order chi connectivity index (χ0) is 17.7. The van der Waals surface area contributed by atoms with Gasteiger partial charge in [0.05, 0.1) is 34.6 Å². The molecule has 0 radical (unpaired) electrons. The highest BCUT2D eigenvalue weighted by molar-refractivity contribution is 6.23. The first kappa shape index (κ1) is 17.5. The predicted molar refractivity (Wildman–Crippen MR) is 101 cm³/mol. The fraction of sp³-hybridized carbons (Fsp3) is 0.263. The van der Waals surface area contributed by atoms with Gasteiger partial charge in [-0.05, 0) is 57.6 Å². The molecule has 1 aromatic carbocycles. The number of hydrogen-bond acceptors (Lipinski definition) is 5. The zero-order valence-corrected chi connectivity index (χ0v) is 14.3. The second-order valence-electron chi connectivity index (χ2n) is 6.01. The maximum Gasteiger partial charge on any atom is 0.0852 e. The Balaban J connectivity index is 2.20. The molecule has 1 unspecified atom stereocenters. The lowest BCUT2D eigenvalue weighted by molar-refractivity contribution is 0.410. The summed E-state index contributed by atoms with van der Waals surface area (Å²) in [7, 11) is 0. The van der Waals surface area contributed by atoms with Crippen molar-refractivity contribution in [2.45, 2.75) is 33.2 Å². The number of rotatable bonds is 5. The minimum atomic E-state index is -0.0155. The number of anilines is 1. The van der Waals surface area contributed by atoms with E-state index in [1.54, 1.807) is 25.2 Å². The van der Waals surface area contributed by atoms with Gasteiger partial charge in [0.15, 0.2) is 0 Å². The molecule has 0 aliphatic heterocycles. The Morgan fingerprint density at radius 1 is 1.33 bits per heavy atom. The first-order valence-corrected chi connectivity index (χ1v) is 7.90. The van der Waals surface area contributed by atoms with E-state index in [9.17, 15) is 5.11 Å². The van der Waals surface area contributed by atoms with E-state index >= 15 is 0 Å². The lowest BCUT2D eigenvalue weighted by Gasteiger charge is -2.17. The molecule has 0 saturated carbocycles. The number of nitrogens with two attached hydrogens (primary N) is 1. The number of nitrogens with one attached hydrogen (secondary N) is 2. The van der Waals surface area contributed by atoms with Gasteiger partial charge in [-0.2, -0.15) is 0 Å². The maximum absolute atomic E-state index is 9.25. The molecule has 0 heterocycles. The van der Waals surface area contributed by atoms with Crippen molar-refractivity contribution in [3.63, 3.8) is 0 Å². The van der Waals surface area contributed by atoms with E-state index in [1.807, 2.05) is 38.1 Å². The predicted octanol–water partition coefficient (Wildman–Crippen LogP) is 3.85. The molecular weight excluding hydrogens is 300 g/mol. The standard InChI is InChI=1S/C19H24N4O/c1-12-4-8-15(9-5-12)23-19-11-18(16(20)10-17(19)21)22-13(2)6-7-14(3)24/h4-5,7-11,13,21,23-24H,6,20H2,1-3H3/b14-7+,21-17?,22-18?. The Hall–Kier alpha value is -2.82. The van der Waals surface area contributed by atoms with Crippen molar-refractivity contribution in [1.82, 2.24) is 0 Å². The largest absolute Gasteiger partial charge is 0.513 e. The molecule has 126 valence electrons. The maximum atomic E-state index is 9.25. The van der Waals surface area contributed by atoms with E-state index in [4.69, 9.17) is 11.1 Å². The van der Waals surface area contributed by atoms with Gasteiger partial charge < -0.3 is 16.2 Å². The number of aliphatic hydroxyl groups is 1. The highest BCUT2D eigenvalue weighted by atomic mass is 16.3. The molecule has 24 heavy (non-hydrogen) atoms. The fourth-order valence-corrected chi connectivity index (χ4v) is 2.24. The molecule has 5 heteroatoms. The number of benzene rings is 1. The second kappa shape index (κ2) is 7.64. The molecule has 1 aromatic rings. The lowest BCUT2D eigenvalue weighted by atomic mass is 10.0. The summed E-state index contributed by atoms with van der Waals surface area (Å²) in [6.45, 7) is 5.63. The van der Waals surface area contributed by atoms with Gasteiger partial charge in [-0.25, -0.2) is 0 Å². The summed E-state index contributed by atoms with van der Waals surface area (Å²) >= 11 is 0. The van der Waals surface area contributed by atoms with Crippen LogP contribution in [0.15, 0.2) is 64.6 Å². The van der Waals surface area contributed by atoms with Crippen LogP contribution in [0.2, 0.25) is 0 Å². The summed E-state index contributed by atoms with van der Waals surface area (Å²) in [4.78, 5) is 4.58. The van der Waals surface area contributed by atoms with Gasteiger partial charge in [0.25, 0.3) is 0 Å². The SMILES string of the molecule is C/C(O)=C\CC(C)N=C1C=C(Nc2ccc(C)cc2)C(=N)C=C1N. The highest BCUT2D eigenvalue weighted by Gasteiger charge is 2.15. The average molecular weight is 324 g/mol. The van der Waals surface area contributed by atoms with Crippen LogP contribution in [0.1, 0.15) is 25.8 Å². The zero-order valence-electron chi connectivity index (χ0n) is 14.3. The number of nitrogens with zero attached hydrogens (tertiary/aromatic N) is 1. The van der Waals surface area contributed by atoms with Crippen molar-refractivity contribution in [2.75, 3.05) is 5.32 Å². The Labute approximate surface area is 142 Å². The van der Waals surface area contributed by atoms with Gasteiger partial charge in [-0.1, -0.05) is 17.7 Å². The van der Waals surface area contributed by atoms with Gasteiger partial charge in [0.2, 0.25) is 0 Å². The summed E-state index contributed by atoms with van der Waals surface area (Å²) in [6.07, 6.45) is 5.76. The summed E-state index contributed by atoms with van der Waals surface area (Å²) in [5.74, 6) is 0.285. The molecule has 0 spiro atoms. The van der Waals surface area contributed by atoms with Crippen molar-refractivity contribution >= 4 is 17.1 Å². The summed E-state index contributed by atoms with van der Waals surface area (Å²) in [6, 6.07) is 7.96. The van der Waals surface area contributed by atoms with Crippen LogP contribution in [-0.2, 0) is 0 Å². The number of aliphatic hydroxyl groups excluding tert-OH is 1. The number of allylic oxidation sites excluding steroid dienone is 3. The van der Waals surface area contributed by atoms with Crippen LogP contribution in [0, 0.1) is 12.3 Å². The fourth-order valence-electron chi connectivity index (χ4n) is 2.24. The molecule has 0 saturated heterocycles. The van der Waals surface area contributed by atoms with Gasteiger partial charge in [-0.15, -0.1) is 0 Å². The second-order valence-corrected chi connectivity index (χ2v) is 6.01. The van der Waals surface area contributed by atoms with Crippen LogP contribution in [0.4, 0.5) is 5.69 Å². The topological polar surface area (TPSA) is 94.5 Å². The summed E-state index contributed by atoms with van der Waals surface area (Å²) < 4.78 is 0. The van der Waals surface area contributed by atoms with Gasteiger partial charge in [-0.3, -0.25) is 10.4 Å². The Morgan fingerprint density at radius 2 is 2.00 bits per heavy atom. The number of hydrogen-bond donors (Lipinski definition) is 4. The van der Waals surface area contributed by atoms with Crippen molar-refractivity contribution in [1.29, 1.82) is 5.41 Å². The van der Waals surface area contributed by atoms with Crippen molar-refractivity contribution in [3.8, 4) is 0 Å². The minimum absolute atomic E-state index is 0.0155. The quantitative estimate of drug-likeness (QED) is 0.489. The van der Waals surface area contributed by atoms with Gasteiger partial charge >= 0.3 is 0 Å². The molecule has 1 atom stereocenters. The first-order valence-electron chi connectivity index (χ1n) is 7.90. The molecule has 0 amide bonds. The average Bonchev–Trinajstić information content (AvgIpc) is 2.52. The minimum Gasteiger partial charge on any atom is -0.513 e. The molecule has 1 aliphatic carbocycles. The smallest absolute Gasteiger partial charge is 0.0852 e. The third-order valence-electron chi connectivity index (χ3n) is 3.61. The Kier molecular flexibility index (Phi) is 5.58. The molecule has 0 bridgehead atoms. The third-order valence-corrected chi connectivity index (χ3v) is 3.61. The van der Waals surface area contributed by atoms with E-state index in [2.05, 4.69) is 10.3 Å². The van der Waals surface area contributed by atoms with Crippen molar-refractivity contribution < 1.29 is 5.11 Å². The number of aryl methyl sites for hydroxylation is 1. The molecule has 5 N–H and O–H groups in total. The molecule has 0 fully saturated rings. The lowest BCUT2D eigenvalue weighted by Crippen LogP contribution is -2.23. The molecule has 2 rings (SSSR count). The monoisotopic (exact) mass is 324 g/mol. The van der Waals surface area contributed by atoms with E-state index < -0.39 is 0 Å². The number of aliphatic imine (C=N–C) groups is 1. The van der Waals surface area contributed by atoms with E-state index in [0.717, 1.165) is 5.69 Å². The van der Waals surface area contributed by atoms with Crippen LogP contribution in [0.5, 0.6) is 0 Å². The molecule has 5 nitrogen and oxygen atoms in total. The summed E-state index contributed by atoms with van der Waals surface area (Å²) in [5.41, 5.74) is 10.2. The van der Waals surface area contributed by atoms with Crippen LogP contribution in [-0.4, -0.2) is 22.6 Å². The normalized spacial score (nSPS) is 18.2. The highest BCUT2D eigenvalue weighted by Crippen LogP contribution is 2.17. The van der Waals surface area contributed by atoms with Crippen LogP contribution < -0.4 is 11.1 Å². The van der Waals surface area contributed by atoms with E-state index in [0.29, 0.717) is 29.2 Å². The van der Waals surface area contributed by atoms with Crippen LogP contribution >= 0.6 is 0 Å².